The summed E-state index contributed by atoms with van der Waals surface area (Å²) >= 11 is 5.80. The predicted molar refractivity (Wildman–Crippen MR) is 55.1 cm³/mol. The first kappa shape index (κ1) is 10.1. The van der Waals surface area contributed by atoms with E-state index in [9.17, 15) is 0 Å². The van der Waals surface area contributed by atoms with Crippen LogP contribution in [0.5, 0.6) is 0 Å². The molecule has 0 aliphatic heterocycles. The van der Waals surface area contributed by atoms with Crippen LogP contribution in [-0.4, -0.2) is 0 Å². The summed E-state index contributed by atoms with van der Waals surface area (Å²) in [5.41, 5.74) is 4.57. The molecule has 2 nitrogen and oxygen atoms in total. The third-order valence-corrected chi connectivity index (χ3v) is 2.11. The maximum Gasteiger partial charge on any atom is 0.107 e. The second kappa shape index (κ2) is 4.29. The zero-order chi connectivity index (χ0) is 9.84. The van der Waals surface area contributed by atoms with Crippen molar-refractivity contribution in [2.24, 2.45) is 5.84 Å². The molecule has 0 bridgehead atoms. The van der Waals surface area contributed by atoms with E-state index in [0.29, 0.717) is 5.02 Å². The molecule has 0 heterocycles. The summed E-state index contributed by atoms with van der Waals surface area (Å²) in [6.07, 6.45) is 5.30. The van der Waals surface area contributed by atoms with Gasteiger partial charge in [-0.2, -0.15) is 0 Å². The zero-order valence-corrected chi connectivity index (χ0v) is 8.10. The Kier molecular flexibility index (Phi) is 3.32. The van der Waals surface area contributed by atoms with Crippen molar-refractivity contribution in [3.8, 4) is 12.3 Å². The highest BCUT2D eigenvalue weighted by Crippen LogP contribution is 2.20. The summed E-state index contributed by atoms with van der Waals surface area (Å²) in [4.78, 5) is 0. The molecule has 0 radical (unpaired) electrons. The van der Waals surface area contributed by atoms with E-state index >= 15 is 0 Å². The quantitative estimate of drug-likeness (QED) is 0.428. The highest BCUT2D eigenvalue weighted by atomic mass is 35.5. The average Bonchev–Trinajstić information content (AvgIpc) is 2.10. The van der Waals surface area contributed by atoms with Gasteiger partial charge in [0.05, 0.1) is 0 Å². The first-order valence-electron chi connectivity index (χ1n) is 3.87. The number of hydrogen-bond donors (Lipinski definition) is 2. The molecule has 0 amide bonds. The van der Waals surface area contributed by atoms with Gasteiger partial charge >= 0.3 is 0 Å². The van der Waals surface area contributed by atoms with Gasteiger partial charge in [0, 0.05) is 5.02 Å². The van der Waals surface area contributed by atoms with Gasteiger partial charge in [0.15, 0.2) is 0 Å². The number of hydrogen-bond acceptors (Lipinski definition) is 2. The first-order valence-corrected chi connectivity index (χ1v) is 4.25. The van der Waals surface area contributed by atoms with Gasteiger partial charge in [-0.05, 0) is 30.2 Å². The van der Waals surface area contributed by atoms with Crippen LogP contribution in [-0.2, 0) is 0 Å². The number of aryl methyl sites for hydroxylation is 1. The number of nitrogens with one attached hydrogen (secondary N) is 1. The van der Waals surface area contributed by atoms with Gasteiger partial charge in [-0.3, -0.25) is 5.84 Å². The fraction of sp³-hybridized carbons (Fsp3) is 0.200. The Morgan fingerprint density at radius 1 is 1.62 bits per heavy atom. The largest absolute Gasteiger partial charge is 0.270 e. The lowest BCUT2D eigenvalue weighted by molar-refractivity contribution is 0.670. The molecule has 0 saturated carbocycles. The second-order valence-corrected chi connectivity index (χ2v) is 3.20. The van der Waals surface area contributed by atoms with Crippen LogP contribution in [0.25, 0.3) is 0 Å². The van der Waals surface area contributed by atoms with E-state index in [0.717, 1.165) is 11.1 Å². The van der Waals surface area contributed by atoms with Gasteiger partial charge in [0.2, 0.25) is 0 Å². The maximum absolute atomic E-state index is 5.80. The van der Waals surface area contributed by atoms with Crippen LogP contribution >= 0.6 is 11.6 Å². The average molecular weight is 195 g/mol. The molecule has 68 valence electrons. The molecule has 0 spiro atoms. The minimum absolute atomic E-state index is 0.253. The highest BCUT2D eigenvalue weighted by Gasteiger charge is 2.08. The molecule has 3 N–H and O–H groups in total. The van der Waals surface area contributed by atoms with Crippen molar-refractivity contribution >= 4 is 11.6 Å². The minimum Gasteiger partial charge on any atom is -0.270 e. The molecule has 1 unspecified atom stereocenters. The van der Waals surface area contributed by atoms with E-state index in [-0.39, 0.29) is 6.04 Å². The standard InChI is InChI=1S/C10H11ClN2/c1-3-10(13-12)9-5-4-8(11)6-7(9)2/h1,4-6,10,13H,12H2,2H3. The number of halogens is 1. The molecule has 0 aliphatic rings. The monoisotopic (exact) mass is 194 g/mol. The molecule has 0 aromatic heterocycles. The fourth-order valence-electron chi connectivity index (χ4n) is 1.19. The van der Waals surface area contributed by atoms with Gasteiger partial charge in [0.25, 0.3) is 0 Å². The molecule has 1 rings (SSSR count). The molecule has 3 heteroatoms. The van der Waals surface area contributed by atoms with E-state index in [1.165, 1.54) is 0 Å². The maximum atomic E-state index is 5.80. The zero-order valence-electron chi connectivity index (χ0n) is 7.34. The van der Waals surface area contributed by atoms with Crippen LogP contribution in [0.15, 0.2) is 18.2 Å². The van der Waals surface area contributed by atoms with Gasteiger partial charge in [0.1, 0.15) is 6.04 Å². The lowest BCUT2D eigenvalue weighted by Crippen LogP contribution is -2.27. The van der Waals surface area contributed by atoms with Crippen molar-refractivity contribution in [1.29, 1.82) is 0 Å². The second-order valence-electron chi connectivity index (χ2n) is 2.77. The number of rotatable bonds is 2. The lowest BCUT2D eigenvalue weighted by atomic mass is 10.0. The van der Waals surface area contributed by atoms with E-state index in [4.69, 9.17) is 23.9 Å². The van der Waals surface area contributed by atoms with Gasteiger partial charge in [-0.25, -0.2) is 5.43 Å². The van der Waals surface area contributed by atoms with Gasteiger partial charge in [-0.15, -0.1) is 6.42 Å². The van der Waals surface area contributed by atoms with Crippen LogP contribution in [0.3, 0.4) is 0 Å². The molecule has 1 aromatic carbocycles. The van der Waals surface area contributed by atoms with Crippen molar-refractivity contribution < 1.29 is 0 Å². The number of hydrazine groups is 1. The molecule has 0 fully saturated rings. The number of benzene rings is 1. The highest BCUT2D eigenvalue weighted by molar-refractivity contribution is 6.30. The molecule has 13 heavy (non-hydrogen) atoms. The summed E-state index contributed by atoms with van der Waals surface area (Å²) < 4.78 is 0. The van der Waals surface area contributed by atoms with Crippen LogP contribution in [0.2, 0.25) is 5.02 Å². The molecule has 1 aromatic rings. The van der Waals surface area contributed by atoms with Crippen LogP contribution < -0.4 is 11.3 Å². The van der Waals surface area contributed by atoms with Gasteiger partial charge < -0.3 is 0 Å². The smallest absolute Gasteiger partial charge is 0.107 e. The molecule has 1 atom stereocenters. The molecule has 0 saturated heterocycles. The Morgan fingerprint density at radius 2 is 2.31 bits per heavy atom. The third-order valence-electron chi connectivity index (χ3n) is 1.88. The number of nitrogens with two attached hydrogens (primary N) is 1. The summed E-state index contributed by atoms with van der Waals surface area (Å²) in [6, 6.07) is 5.28. The lowest BCUT2D eigenvalue weighted by Gasteiger charge is -2.12. The Balaban J connectivity index is 3.09. The summed E-state index contributed by atoms with van der Waals surface area (Å²) in [6.45, 7) is 1.95. The predicted octanol–water partition coefficient (Wildman–Crippen LogP) is 1.79. The SMILES string of the molecule is C#CC(NN)c1ccc(Cl)cc1C. The van der Waals surface area contributed by atoms with Gasteiger partial charge in [-0.1, -0.05) is 23.6 Å². The first-order chi connectivity index (χ1) is 6.19. The molecular formula is C10H11ClN2. The van der Waals surface area contributed by atoms with E-state index in [1.54, 1.807) is 6.07 Å². The normalized spacial score (nSPS) is 12.2. The van der Waals surface area contributed by atoms with Crippen molar-refractivity contribution in [2.45, 2.75) is 13.0 Å². The Bertz CT molecular complexity index is 341. The van der Waals surface area contributed by atoms with Crippen LogP contribution in [0.4, 0.5) is 0 Å². The fourth-order valence-corrected chi connectivity index (χ4v) is 1.42. The van der Waals surface area contributed by atoms with Crippen LogP contribution in [0.1, 0.15) is 17.2 Å². The third kappa shape index (κ3) is 2.22. The minimum atomic E-state index is -0.253. The van der Waals surface area contributed by atoms with Crippen molar-refractivity contribution in [1.82, 2.24) is 5.43 Å². The Morgan fingerprint density at radius 3 is 2.77 bits per heavy atom. The van der Waals surface area contributed by atoms with Crippen LogP contribution in [0, 0.1) is 19.3 Å². The molecule has 0 aliphatic carbocycles. The summed E-state index contributed by atoms with van der Waals surface area (Å²) in [7, 11) is 0. The molecular weight excluding hydrogens is 184 g/mol. The topological polar surface area (TPSA) is 38.0 Å². The number of terminal acetylenes is 1. The van der Waals surface area contributed by atoms with E-state index < -0.39 is 0 Å². The summed E-state index contributed by atoms with van der Waals surface area (Å²) in [5.74, 6) is 7.85. The van der Waals surface area contributed by atoms with Crippen molar-refractivity contribution in [3.05, 3.63) is 34.3 Å². The van der Waals surface area contributed by atoms with Crippen molar-refractivity contribution in [3.63, 3.8) is 0 Å². The Labute approximate surface area is 83.1 Å². The Hall–Kier alpha value is -1.01. The van der Waals surface area contributed by atoms with Crippen molar-refractivity contribution in [2.75, 3.05) is 0 Å². The summed E-state index contributed by atoms with van der Waals surface area (Å²) in [5, 5.41) is 0.703. The van der Waals surface area contributed by atoms with E-state index in [1.807, 2.05) is 19.1 Å². The van der Waals surface area contributed by atoms with E-state index in [2.05, 4.69) is 11.3 Å².